The lowest BCUT2D eigenvalue weighted by atomic mass is 9.44. The first-order chi connectivity index (χ1) is 21.0. The van der Waals surface area contributed by atoms with E-state index in [0.29, 0.717) is 48.0 Å². The molecule has 0 heterocycles. The summed E-state index contributed by atoms with van der Waals surface area (Å²) in [7, 11) is -1.35. The van der Waals surface area contributed by atoms with E-state index in [9.17, 15) is 36.1 Å². The van der Waals surface area contributed by atoms with E-state index in [1.54, 1.807) is 0 Å². The maximum Gasteiger partial charge on any atom is 0.453 e. The number of aliphatic hydroxyl groups is 1. The molecule has 0 aliphatic heterocycles. The number of rotatable bonds is 16. The van der Waals surface area contributed by atoms with Gasteiger partial charge < -0.3 is 5.11 Å². The van der Waals surface area contributed by atoms with Gasteiger partial charge in [0, 0.05) is 35.1 Å². The Labute approximate surface area is 270 Å². The van der Waals surface area contributed by atoms with Gasteiger partial charge in [-0.3, -0.25) is 9.00 Å². The molecule has 0 aromatic carbocycles. The van der Waals surface area contributed by atoms with Gasteiger partial charge in [-0.25, -0.2) is 0 Å². The van der Waals surface area contributed by atoms with Crippen LogP contribution >= 0.6 is 0 Å². The fraction of sp³-hybridized carbons (Fsp3) is 0.917. The van der Waals surface area contributed by atoms with Crippen molar-refractivity contribution >= 4 is 16.6 Å². The molecule has 260 valence electrons. The molecule has 0 saturated heterocycles. The summed E-state index contributed by atoms with van der Waals surface area (Å²) in [6, 6.07) is 0. The summed E-state index contributed by atoms with van der Waals surface area (Å²) in [6.07, 6.45) is 12.6. The minimum absolute atomic E-state index is 0.0160. The van der Waals surface area contributed by atoms with Crippen LogP contribution in [0.15, 0.2) is 11.6 Å². The number of alkyl halides is 5. The Morgan fingerprint density at radius 2 is 1.40 bits per heavy atom. The number of fused-ring (bicyclic) bond motifs is 5. The fourth-order valence-corrected chi connectivity index (χ4v) is 11.0. The standard InChI is InChI=1S/C36H57F5O3S/c1-32-19-15-28(42)25-27(32)24-26(31-29(32)16-20-33(2)30(31)17-21-34(33,3)43)14-11-9-7-5-4-6-8-10-12-22-45(44)23-13-18-35(37,38)36(39,40)41/h25-26,29-31,43H,4-24H2,1-3H3/t26-,29+,30+,31-,32+,33+,34+,45?/m1/s1. The van der Waals surface area contributed by atoms with Crippen LogP contribution in [0.25, 0.3) is 0 Å². The van der Waals surface area contributed by atoms with Crippen molar-refractivity contribution < 1.29 is 36.1 Å². The Balaban J connectivity index is 1.13. The predicted octanol–water partition coefficient (Wildman–Crippen LogP) is 10.1. The Hall–Kier alpha value is -0.830. The number of carbonyl (C=O) groups excluding carboxylic acids is 1. The zero-order valence-corrected chi connectivity index (χ0v) is 28.6. The second-order valence-electron chi connectivity index (χ2n) is 15.7. The molecule has 1 unspecified atom stereocenters. The minimum Gasteiger partial charge on any atom is -0.390 e. The van der Waals surface area contributed by atoms with Gasteiger partial charge >= 0.3 is 12.1 Å². The summed E-state index contributed by atoms with van der Waals surface area (Å²) in [5.41, 5.74) is 0.931. The van der Waals surface area contributed by atoms with Gasteiger partial charge in [-0.2, -0.15) is 22.0 Å². The van der Waals surface area contributed by atoms with Crippen LogP contribution < -0.4 is 0 Å². The minimum atomic E-state index is -5.54. The molecule has 4 rings (SSSR count). The first-order valence-corrected chi connectivity index (χ1v) is 19.3. The summed E-state index contributed by atoms with van der Waals surface area (Å²) >= 11 is 0. The van der Waals surface area contributed by atoms with Crippen molar-refractivity contribution in [1.82, 2.24) is 0 Å². The van der Waals surface area contributed by atoms with E-state index in [-0.39, 0.29) is 23.0 Å². The third-order valence-corrected chi connectivity index (χ3v) is 14.4. The van der Waals surface area contributed by atoms with Crippen LogP contribution in [0.3, 0.4) is 0 Å². The molecule has 0 amide bonds. The van der Waals surface area contributed by atoms with Crippen LogP contribution in [0.1, 0.15) is 143 Å². The van der Waals surface area contributed by atoms with Crippen molar-refractivity contribution in [3.63, 3.8) is 0 Å². The largest absolute Gasteiger partial charge is 0.453 e. The van der Waals surface area contributed by atoms with E-state index in [0.717, 1.165) is 64.2 Å². The Bertz CT molecular complexity index is 1070. The van der Waals surface area contributed by atoms with Crippen molar-refractivity contribution in [3.05, 3.63) is 11.6 Å². The highest BCUT2D eigenvalue weighted by atomic mass is 32.2. The van der Waals surface area contributed by atoms with Crippen LogP contribution in [0.4, 0.5) is 22.0 Å². The number of carbonyl (C=O) groups is 1. The van der Waals surface area contributed by atoms with Crippen molar-refractivity contribution in [2.45, 2.75) is 160 Å². The van der Waals surface area contributed by atoms with Gasteiger partial charge in [-0.1, -0.05) is 70.8 Å². The van der Waals surface area contributed by atoms with Crippen LogP contribution in [0.5, 0.6) is 0 Å². The first-order valence-electron chi connectivity index (χ1n) is 17.8. The van der Waals surface area contributed by atoms with E-state index < -0.39 is 34.9 Å². The number of hydrogen-bond donors (Lipinski definition) is 1. The first kappa shape index (κ1) is 37.0. The molecule has 0 aromatic rings. The van der Waals surface area contributed by atoms with Crippen molar-refractivity contribution in [1.29, 1.82) is 0 Å². The van der Waals surface area contributed by atoms with E-state index in [2.05, 4.69) is 20.8 Å². The Morgan fingerprint density at radius 1 is 0.822 bits per heavy atom. The predicted molar refractivity (Wildman–Crippen MR) is 170 cm³/mol. The smallest absolute Gasteiger partial charge is 0.390 e. The lowest BCUT2D eigenvalue weighted by Crippen LogP contribution is -2.56. The number of halogens is 5. The van der Waals surface area contributed by atoms with Gasteiger partial charge in [0.2, 0.25) is 0 Å². The van der Waals surface area contributed by atoms with Crippen molar-refractivity contribution in [2.75, 3.05) is 11.5 Å². The molecule has 0 bridgehead atoms. The van der Waals surface area contributed by atoms with Gasteiger partial charge in [0.1, 0.15) is 0 Å². The normalized spacial score (nSPS) is 35.8. The van der Waals surface area contributed by atoms with Gasteiger partial charge in [0.25, 0.3) is 0 Å². The molecule has 3 fully saturated rings. The fourth-order valence-electron chi connectivity index (χ4n) is 9.85. The van der Waals surface area contributed by atoms with Crippen molar-refractivity contribution in [3.8, 4) is 0 Å². The average molecular weight is 665 g/mol. The molecule has 3 nitrogen and oxygen atoms in total. The molecule has 1 N–H and O–H groups in total. The highest BCUT2D eigenvalue weighted by Crippen LogP contribution is 2.69. The van der Waals surface area contributed by atoms with Crippen LogP contribution in [-0.4, -0.2) is 44.3 Å². The summed E-state index contributed by atoms with van der Waals surface area (Å²) < 4.78 is 74.6. The third-order valence-electron chi connectivity index (χ3n) is 12.9. The second-order valence-corrected chi connectivity index (χ2v) is 17.4. The number of ketones is 1. The highest BCUT2D eigenvalue weighted by molar-refractivity contribution is 7.84. The molecule has 4 aliphatic rings. The highest BCUT2D eigenvalue weighted by Gasteiger charge is 2.64. The van der Waals surface area contributed by atoms with Crippen LogP contribution in [0.2, 0.25) is 0 Å². The zero-order valence-electron chi connectivity index (χ0n) is 27.8. The molecule has 4 aliphatic carbocycles. The lowest BCUT2D eigenvalue weighted by Gasteiger charge is -2.61. The maximum atomic E-state index is 13.0. The van der Waals surface area contributed by atoms with E-state index >= 15 is 0 Å². The quantitative estimate of drug-likeness (QED) is 0.132. The number of hydrogen-bond acceptors (Lipinski definition) is 3. The van der Waals surface area contributed by atoms with Gasteiger partial charge in [-0.15, -0.1) is 0 Å². The van der Waals surface area contributed by atoms with Gasteiger partial charge in [-0.05, 0) is 105 Å². The second kappa shape index (κ2) is 14.7. The van der Waals surface area contributed by atoms with E-state index in [1.165, 1.54) is 37.7 Å². The summed E-state index contributed by atoms with van der Waals surface area (Å²) in [6.45, 7) is 6.85. The SMILES string of the molecule is C[C@]12CCC(=O)C=C1C[C@@H](CCCCCCCCCCCS(=O)CCCC(F)(F)C(F)(F)F)[C@@H]1[C@@H]2CC[C@@]2(C)[C@H]1CC[C@]2(C)O. The molecule has 8 atom stereocenters. The van der Waals surface area contributed by atoms with Gasteiger partial charge in [0.15, 0.2) is 5.78 Å². The van der Waals surface area contributed by atoms with Gasteiger partial charge in [0.05, 0.1) is 5.60 Å². The molecule has 0 spiro atoms. The molecule has 45 heavy (non-hydrogen) atoms. The molecular formula is C36H57F5O3S. The number of allylic oxidation sites excluding steroid dienone is 1. The maximum absolute atomic E-state index is 13.0. The lowest BCUT2D eigenvalue weighted by molar-refractivity contribution is -0.284. The van der Waals surface area contributed by atoms with E-state index in [1.807, 2.05) is 6.08 Å². The molecule has 0 radical (unpaired) electrons. The molecule has 0 aromatic heterocycles. The summed E-state index contributed by atoms with van der Waals surface area (Å²) in [5.74, 6) is -1.77. The average Bonchev–Trinajstić information content (AvgIpc) is 3.20. The summed E-state index contributed by atoms with van der Waals surface area (Å²) in [4.78, 5) is 12.4. The Morgan fingerprint density at radius 3 is 2.04 bits per heavy atom. The molecular weight excluding hydrogens is 607 g/mol. The third kappa shape index (κ3) is 8.25. The monoisotopic (exact) mass is 664 g/mol. The zero-order chi connectivity index (χ0) is 33.1. The molecule has 3 saturated carbocycles. The van der Waals surface area contributed by atoms with E-state index in [4.69, 9.17) is 0 Å². The summed E-state index contributed by atoms with van der Waals surface area (Å²) in [5, 5.41) is 11.4. The topological polar surface area (TPSA) is 54.4 Å². The number of unbranched alkanes of at least 4 members (excludes halogenated alkanes) is 8. The molecule has 9 heteroatoms. The van der Waals surface area contributed by atoms with Crippen LogP contribution in [0, 0.1) is 34.5 Å². The Kier molecular flexibility index (Phi) is 12.1. The van der Waals surface area contributed by atoms with Crippen molar-refractivity contribution in [2.24, 2.45) is 34.5 Å². The van der Waals surface area contributed by atoms with Crippen LogP contribution in [-0.2, 0) is 15.6 Å².